The number of hydrogen-bond acceptors (Lipinski definition) is 3. The smallest absolute Gasteiger partial charge is 0.175 e. The summed E-state index contributed by atoms with van der Waals surface area (Å²) in [6, 6.07) is 45.9. The van der Waals surface area contributed by atoms with Gasteiger partial charge in [-0.05, 0) is 135 Å². The number of aryl methyl sites for hydroxylation is 7. The van der Waals surface area contributed by atoms with E-state index in [-0.39, 0.29) is 0 Å². The highest BCUT2D eigenvalue weighted by molar-refractivity contribution is 7.88. The van der Waals surface area contributed by atoms with E-state index in [1.807, 2.05) is 67.6 Å². The molecular formula is C49H43NO2P2. The van der Waals surface area contributed by atoms with Crippen LogP contribution in [0.5, 0.6) is 0 Å². The first kappa shape index (κ1) is 34.6. The van der Waals surface area contributed by atoms with Crippen LogP contribution >= 0.6 is 14.3 Å². The van der Waals surface area contributed by atoms with E-state index in [1.165, 1.54) is 44.5 Å². The predicted octanol–water partition coefficient (Wildman–Crippen LogP) is 10.6. The van der Waals surface area contributed by atoms with E-state index in [4.69, 9.17) is 0 Å². The molecule has 0 bridgehead atoms. The van der Waals surface area contributed by atoms with Crippen LogP contribution in [0.1, 0.15) is 38.9 Å². The van der Waals surface area contributed by atoms with Gasteiger partial charge >= 0.3 is 0 Å². The molecule has 0 aromatic heterocycles. The topological polar surface area (TPSA) is 37.4 Å². The minimum absolute atomic E-state index is 0.738. The highest BCUT2D eigenvalue weighted by Gasteiger charge is 2.50. The summed E-state index contributed by atoms with van der Waals surface area (Å²) in [5.41, 5.74) is 15.1. The van der Waals surface area contributed by atoms with Crippen molar-refractivity contribution in [3.63, 3.8) is 0 Å². The molecule has 0 radical (unpaired) electrons. The number of rotatable bonds is 4. The van der Waals surface area contributed by atoms with Crippen molar-refractivity contribution in [2.45, 2.75) is 48.5 Å². The van der Waals surface area contributed by atoms with Gasteiger partial charge in [0.15, 0.2) is 14.3 Å². The van der Waals surface area contributed by atoms with Crippen molar-refractivity contribution >= 4 is 63.2 Å². The Kier molecular flexibility index (Phi) is 7.95. The maximum Gasteiger partial charge on any atom is 0.175 e. The molecule has 0 saturated heterocycles. The van der Waals surface area contributed by atoms with E-state index in [9.17, 15) is 0 Å². The summed E-state index contributed by atoms with van der Waals surface area (Å²) in [7, 11) is -7.00. The maximum absolute atomic E-state index is 16.6. The summed E-state index contributed by atoms with van der Waals surface area (Å²) in [4.78, 5) is 2.27. The highest BCUT2D eigenvalue weighted by atomic mass is 31.2. The molecule has 2 aliphatic rings. The maximum atomic E-state index is 16.6. The molecule has 5 heteroatoms. The van der Waals surface area contributed by atoms with Gasteiger partial charge in [0, 0.05) is 31.8 Å². The fraction of sp³-hybridized carbons (Fsp3) is 0.143. The van der Waals surface area contributed by atoms with E-state index in [1.54, 1.807) is 0 Å². The summed E-state index contributed by atoms with van der Waals surface area (Å²) in [5.74, 6) is 0. The molecule has 2 unspecified atom stereocenters. The van der Waals surface area contributed by atoms with Crippen LogP contribution in [0, 0.1) is 48.5 Å². The van der Waals surface area contributed by atoms with E-state index >= 15 is 9.13 Å². The average molecular weight is 740 g/mol. The molecule has 0 fully saturated rings. The molecule has 0 spiro atoms. The third kappa shape index (κ3) is 4.95. The third-order valence-electron chi connectivity index (χ3n) is 11.4. The Balaban J connectivity index is 1.42. The van der Waals surface area contributed by atoms with Gasteiger partial charge in [-0.2, -0.15) is 0 Å². The molecule has 0 saturated carbocycles. The van der Waals surface area contributed by atoms with Crippen molar-refractivity contribution in [1.29, 1.82) is 0 Å². The van der Waals surface area contributed by atoms with Crippen LogP contribution in [0.3, 0.4) is 0 Å². The van der Waals surface area contributed by atoms with Gasteiger partial charge in [-0.3, -0.25) is 0 Å². The molecule has 3 nitrogen and oxygen atoms in total. The molecule has 7 aromatic carbocycles. The first-order valence-corrected chi connectivity index (χ1v) is 22.1. The average Bonchev–Trinajstić information content (AvgIpc) is 3.14. The zero-order chi connectivity index (χ0) is 37.7. The van der Waals surface area contributed by atoms with Crippen LogP contribution in [0.2, 0.25) is 0 Å². The Hall–Kier alpha value is -5.20. The molecule has 0 amide bonds. The molecule has 7 aromatic rings. The number of benzene rings is 7. The van der Waals surface area contributed by atoms with E-state index in [0.717, 1.165) is 65.6 Å². The molecular weight excluding hydrogens is 696 g/mol. The van der Waals surface area contributed by atoms with Crippen LogP contribution < -0.4 is 36.7 Å². The minimum atomic E-state index is -3.50. The fourth-order valence-electron chi connectivity index (χ4n) is 9.42. The molecule has 0 N–H and O–H groups in total. The van der Waals surface area contributed by atoms with Gasteiger partial charge in [-0.25, -0.2) is 0 Å². The van der Waals surface area contributed by atoms with Crippen molar-refractivity contribution in [2.75, 3.05) is 4.90 Å². The lowest BCUT2D eigenvalue weighted by atomic mass is 9.93. The Labute approximate surface area is 319 Å². The summed E-state index contributed by atoms with van der Waals surface area (Å²) in [6.45, 7) is 14.9. The lowest BCUT2D eigenvalue weighted by molar-refractivity contribution is 0.592. The van der Waals surface area contributed by atoms with E-state index in [2.05, 4.69) is 119 Å². The molecule has 2 aliphatic heterocycles. The van der Waals surface area contributed by atoms with Gasteiger partial charge in [0.2, 0.25) is 0 Å². The van der Waals surface area contributed by atoms with Gasteiger partial charge < -0.3 is 14.0 Å². The van der Waals surface area contributed by atoms with Crippen molar-refractivity contribution < 1.29 is 9.13 Å². The Morgan fingerprint density at radius 3 is 1.11 bits per heavy atom. The lowest BCUT2D eigenvalue weighted by Gasteiger charge is -2.45. The zero-order valence-electron chi connectivity index (χ0n) is 31.9. The summed E-state index contributed by atoms with van der Waals surface area (Å²) in [5, 5.41) is 4.62. The van der Waals surface area contributed by atoms with Gasteiger partial charge in [0.25, 0.3) is 0 Å². The second kappa shape index (κ2) is 12.4. The minimum Gasteiger partial charge on any atom is -0.308 e. The third-order valence-corrected chi connectivity index (χ3v) is 17.6. The van der Waals surface area contributed by atoms with Crippen molar-refractivity contribution in [3.8, 4) is 22.3 Å². The van der Waals surface area contributed by atoms with Gasteiger partial charge in [-0.15, -0.1) is 0 Å². The zero-order valence-corrected chi connectivity index (χ0v) is 33.6. The Bertz CT molecular complexity index is 2570. The Morgan fingerprint density at radius 2 is 0.741 bits per heavy atom. The van der Waals surface area contributed by atoms with E-state index in [0.29, 0.717) is 0 Å². The van der Waals surface area contributed by atoms with Crippen LogP contribution in [0.25, 0.3) is 22.3 Å². The molecule has 2 heterocycles. The Morgan fingerprint density at radius 1 is 0.389 bits per heavy atom. The van der Waals surface area contributed by atoms with Crippen LogP contribution in [0.15, 0.2) is 133 Å². The largest absolute Gasteiger partial charge is 0.308 e. The number of anilines is 3. The van der Waals surface area contributed by atoms with Crippen molar-refractivity contribution in [2.24, 2.45) is 0 Å². The van der Waals surface area contributed by atoms with Gasteiger partial charge in [0.1, 0.15) is 0 Å². The molecule has 9 rings (SSSR count). The quantitative estimate of drug-likeness (QED) is 0.169. The number of nitrogens with zero attached hydrogens (tertiary/aromatic N) is 1. The highest BCUT2D eigenvalue weighted by Crippen LogP contribution is 2.61. The second-order valence-electron chi connectivity index (χ2n) is 15.3. The molecule has 0 aliphatic carbocycles. The monoisotopic (exact) mass is 739 g/mol. The molecule has 2 atom stereocenters. The first-order valence-electron chi connectivity index (χ1n) is 18.6. The van der Waals surface area contributed by atoms with Crippen LogP contribution in [0.4, 0.5) is 17.1 Å². The molecule has 54 heavy (non-hydrogen) atoms. The van der Waals surface area contributed by atoms with Crippen molar-refractivity contribution in [3.05, 3.63) is 172 Å². The van der Waals surface area contributed by atoms with Gasteiger partial charge in [0.05, 0.1) is 17.1 Å². The fourth-order valence-corrected chi connectivity index (χ4v) is 15.8. The SMILES string of the molecule is Cc1cc(C)c(-c2ccc3c(c2)P(=O)(c2ccccc2)c2cc(C)cc4c2N3c2ccc(-c3c(C)cc(C)cc3C)cc2P4(=O)c2ccccc2)c(C)c1. The predicted molar refractivity (Wildman–Crippen MR) is 231 cm³/mol. The van der Waals surface area contributed by atoms with E-state index < -0.39 is 14.3 Å². The number of fused-ring (bicyclic) bond motifs is 4. The number of hydrogen-bond donors (Lipinski definition) is 0. The van der Waals surface area contributed by atoms with Crippen LogP contribution in [-0.4, -0.2) is 0 Å². The summed E-state index contributed by atoms with van der Waals surface area (Å²) >= 11 is 0. The standard InChI is InChI=1S/C49H43NO2P2/c1-30-22-33(4)47(34(5)23-30)37-18-20-41-43(28-37)53(51,39-14-10-8-11-15-39)45-26-32(3)27-46-49(45)50(41)42-21-19-38(48-35(6)24-31(2)25-36(48)7)29-44(42)54(46,52)40-16-12-9-13-17-40/h8-29H,1-7H3. The van der Waals surface area contributed by atoms with Gasteiger partial charge in [-0.1, -0.05) is 108 Å². The molecule has 266 valence electrons. The normalized spacial score (nSPS) is 18.2. The lowest BCUT2D eigenvalue weighted by Crippen LogP contribution is -2.46. The second-order valence-corrected chi connectivity index (χ2v) is 20.7. The van der Waals surface area contributed by atoms with Crippen LogP contribution in [-0.2, 0) is 9.13 Å². The van der Waals surface area contributed by atoms with Crippen molar-refractivity contribution in [1.82, 2.24) is 0 Å². The summed E-state index contributed by atoms with van der Waals surface area (Å²) in [6.07, 6.45) is 0. The summed E-state index contributed by atoms with van der Waals surface area (Å²) < 4.78 is 33.1. The first-order chi connectivity index (χ1) is 25.9.